The van der Waals surface area contributed by atoms with Crippen molar-refractivity contribution in [2.75, 3.05) is 26.2 Å². The number of pyridine rings is 1. The Labute approximate surface area is 152 Å². The molecule has 1 amide bonds. The summed E-state index contributed by atoms with van der Waals surface area (Å²) in [5.74, 6) is 0.670. The van der Waals surface area contributed by atoms with Gasteiger partial charge < -0.3 is 9.64 Å². The zero-order chi connectivity index (χ0) is 18.1. The van der Waals surface area contributed by atoms with Crippen molar-refractivity contribution in [2.24, 2.45) is 0 Å². The van der Waals surface area contributed by atoms with Crippen LogP contribution in [0.5, 0.6) is 5.75 Å². The molecule has 0 N–H and O–H groups in total. The molecule has 1 unspecified atom stereocenters. The maximum Gasteiger partial charge on any atom is 0.264 e. The molecule has 2 aliphatic rings. The second-order valence-corrected chi connectivity index (χ2v) is 8.27. The Kier molecular flexibility index (Phi) is 4.37. The fourth-order valence-electron chi connectivity index (χ4n) is 3.32. The molecule has 1 aromatic heterocycles. The Morgan fingerprint density at radius 1 is 1.08 bits per heavy atom. The molecule has 1 aromatic carbocycles. The van der Waals surface area contributed by atoms with Gasteiger partial charge in [0.1, 0.15) is 10.6 Å². The summed E-state index contributed by atoms with van der Waals surface area (Å²) in [6.07, 6.45) is 2.92. The van der Waals surface area contributed by atoms with Gasteiger partial charge in [-0.25, -0.2) is 8.42 Å². The monoisotopic (exact) mass is 373 g/mol. The highest BCUT2D eigenvalue weighted by molar-refractivity contribution is 7.89. The van der Waals surface area contributed by atoms with E-state index in [1.54, 1.807) is 11.0 Å². The number of sulfonamides is 1. The van der Waals surface area contributed by atoms with Gasteiger partial charge in [-0.1, -0.05) is 18.2 Å². The zero-order valence-corrected chi connectivity index (χ0v) is 14.9. The van der Waals surface area contributed by atoms with Crippen molar-refractivity contribution < 1.29 is 17.9 Å². The summed E-state index contributed by atoms with van der Waals surface area (Å²) in [5.41, 5.74) is 1.03. The fourth-order valence-corrected chi connectivity index (χ4v) is 4.71. The molecule has 0 aliphatic carbocycles. The number of fused-ring (bicyclic) bond motifs is 1. The molecule has 0 spiro atoms. The summed E-state index contributed by atoms with van der Waals surface area (Å²) < 4.78 is 32.4. The Balaban J connectivity index is 1.39. The lowest BCUT2D eigenvalue weighted by molar-refractivity contribution is -0.139. The molecule has 26 heavy (non-hydrogen) atoms. The number of ether oxygens (including phenoxy) is 1. The first-order valence-corrected chi connectivity index (χ1v) is 9.93. The number of rotatable bonds is 3. The molecule has 1 saturated heterocycles. The summed E-state index contributed by atoms with van der Waals surface area (Å²) in [4.78, 5) is 18.5. The van der Waals surface area contributed by atoms with Gasteiger partial charge in [-0.3, -0.25) is 9.78 Å². The minimum Gasteiger partial charge on any atom is -0.480 e. The first-order chi connectivity index (χ1) is 12.6. The van der Waals surface area contributed by atoms with E-state index >= 15 is 0 Å². The van der Waals surface area contributed by atoms with E-state index in [2.05, 4.69) is 4.98 Å². The predicted molar refractivity (Wildman–Crippen MR) is 94.1 cm³/mol. The van der Waals surface area contributed by atoms with E-state index in [9.17, 15) is 13.2 Å². The van der Waals surface area contributed by atoms with Crippen LogP contribution in [0.25, 0.3) is 0 Å². The summed E-state index contributed by atoms with van der Waals surface area (Å²) in [5, 5.41) is 0. The average molecular weight is 373 g/mol. The topological polar surface area (TPSA) is 79.8 Å². The molecule has 1 fully saturated rings. The number of hydrogen-bond acceptors (Lipinski definition) is 5. The number of para-hydroxylation sites is 1. The van der Waals surface area contributed by atoms with Gasteiger partial charge in [0.25, 0.3) is 5.91 Å². The summed E-state index contributed by atoms with van der Waals surface area (Å²) in [6.45, 7) is 1.24. The van der Waals surface area contributed by atoms with Crippen LogP contribution in [0.15, 0.2) is 53.7 Å². The molecule has 3 heterocycles. The molecule has 0 radical (unpaired) electrons. The number of hydrogen-bond donors (Lipinski definition) is 0. The van der Waals surface area contributed by atoms with Crippen LogP contribution in [0.3, 0.4) is 0 Å². The van der Waals surface area contributed by atoms with Crippen LogP contribution in [-0.2, 0) is 21.2 Å². The van der Waals surface area contributed by atoms with Gasteiger partial charge in [0.05, 0.1) is 0 Å². The average Bonchev–Trinajstić information content (AvgIpc) is 3.12. The highest BCUT2D eigenvalue weighted by Crippen LogP contribution is 2.29. The minimum atomic E-state index is -3.57. The second kappa shape index (κ2) is 6.69. The molecule has 136 valence electrons. The van der Waals surface area contributed by atoms with E-state index in [-0.39, 0.29) is 23.9 Å². The lowest BCUT2D eigenvalue weighted by atomic mass is 10.1. The third-order valence-electron chi connectivity index (χ3n) is 4.75. The van der Waals surface area contributed by atoms with Gasteiger partial charge in [0.15, 0.2) is 6.10 Å². The largest absolute Gasteiger partial charge is 0.480 e. The van der Waals surface area contributed by atoms with Crippen LogP contribution < -0.4 is 4.74 Å². The summed E-state index contributed by atoms with van der Waals surface area (Å²) in [6, 6.07) is 10.8. The molecule has 0 saturated carbocycles. The molecule has 2 aromatic rings. The van der Waals surface area contributed by atoms with Gasteiger partial charge >= 0.3 is 0 Å². The summed E-state index contributed by atoms with van der Waals surface area (Å²) in [7, 11) is -3.57. The van der Waals surface area contributed by atoms with E-state index in [1.165, 1.54) is 22.8 Å². The highest BCUT2D eigenvalue weighted by Gasteiger charge is 2.35. The predicted octanol–water partition coefficient (Wildman–Crippen LogP) is 0.918. The van der Waals surface area contributed by atoms with Crippen molar-refractivity contribution >= 4 is 15.9 Å². The SMILES string of the molecule is O=C(C1Cc2ccccc2O1)N1CCN(S(=O)(=O)c2cccnc2)CC1. The molecular weight excluding hydrogens is 354 g/mol. The first kappa shape index (κ1) is 17.0. The highest BCUT2D eigenvalue weighted by atomic mass is 32.2. The van der Waals surface area contributed by atoms with Crippen LogP contribution in [0.1, 0.15) is 5.56 Å². The number of amides is 1. The van der Waals surface area contributed by atoms with E-state index in [0.717, 1.165) is 11.3 Å². The van der Waals surface area contributed by atoms with Crippen LogP contribution in [0.2, 0.25) is 0 Å². The normalized spacial score (nSPS) is 20.5. The molecule has 1 atom stereocenters. The van der Waals surface area contributed by atoms with Crippen molar-refractivity contribution in [3.63, 3.8) is 0 Å². The second-order valence-electron chi connectivity index (χ2n) is 6.34. The number of carbonyl (C=O) groups excluding carboxylic acids is 1. The minimum absolute atomic E-state index is 0.0837. The van der Waals surface area contributed by atoms with Crippen molar-refractivity contribution in [3.8, 4) is 5.75 Å². The lowest BCUT2D eigenvalue weighted by Crippen LogP contribution is -2.53. The van der Waals surface area contributed by atoms with Crippen molar-refractivity contribution in [3.05, 3.63) is 54.4 Å². The molecule has 2 aliphatic heterocycles. The number of piperazine rings is 1. The van der Waals surface area contributed by atoms with E-state index < -0.39 is 16.1 Å². The Morgan fingerprint density at radius 2 is 1.85 bits per heavy atom. The van der Waals surface area contributed by atoms with Gasteiger partial charge in [-0.15, -0.1) is 0 Å². The number of nitrogens with zero attached hydrogens (tertiary/aromatic N) is 3. The van der Waals surface area contributed by atoms with Gasteiger partial charge in [-0.2, -0.15) is 4.31 Å². The van der Waals surface area contributed by atoms with Crippen molar-refractivity contribution in [1.29, 1.82) is 0 Å². The van der Waals surface area contributed by atoms with Gasteiger partial charge in [0.2, 0.25) is 10.0 Å². The van der Waals surface area contributed by atoms with Gasteiger partial charge in [-0.05, 0) is 23.8 Å². The zero-order valence-electron chi connectivity index (χ0n) is 14.1. The first-order valence-electron chi connectivity index (χ1n) is 8.49. The standard InChI is InChI=1S/C18H19N3O4S/c22-18(17-12-14-4-1-2-6-16(14)25-17)20-8-10-21(11-9-20)26(23,24)15-5-3-7-19-13-15/h1-7,13,17H,8-12H2. The Morgan fingerprint density at radius 3 is 2.54 bits per heavy atom. The smallest absolute Gasteiger partial charge is 0.264 e. The van der Waals surface area contributed by atoms with Crippen molar-refractivity contribution in [2.45, 2.75) is 17.4 Å². The molecular formula is C18H19N3O4S. The number of carbonyl (C=O) groups is 1. The quantitative estimate of drug-likeness (QED) is 0.799. The maximum atomic E-state index is 12.7. The van der Waals surface area contributed by atoms with Crippen LogP contribution >= 0.6 is 0 Å². The van der Waals surface area contributed by atoms with Gasteiger partial charge in [0, 0.05) is 45.0 Å². The maximum absolute atomic E-state index is 12.7. The molecule has 7 nitrogen and oxygen atoms in total. The lowest BCUT2D eigenvalue weighted by Gasteiger charge is -2.34. The van der Waals surface area contributed by atoms with E-state index in [0.29, 0.717) is 19.5 Å². The fraction of sp³-hybridized carbons (Fsp3) is 0.333. The third kappa shape index (κ3) is 3.06. The Hall–Kier alpha value is -2.45. The van der Waals surface area contributed by atoms with Crippen LogP contribution in [0.4, 0.5) is 0 Å². The summed E-state index contributed by atoms with van der Waals surface area (Å²) >= 11 is 0. The molecule has 8 heteroatoms. The third-order valence-corrected chi connectivity index (χ3v) is 6.63. The molecule has 4 rings (SSSR count). The Bertz CT molecular complexity index is 884. The van der Waals surface area contributed by atoms with E-state index in [4.69, 9.17) is 4.74 Å². The van der Waals surface area contributed by atoms with Crippen molar-refractivity contribution in [1.82, 2.24) is 14.2 Å². The van der Waals surface area contributed by atoms with E-state index in [1.807, 2.05) is 24.3 Å². The van der Waals surface area contributed by atoms with Crippen LogP contribution in [0, 0.1) is 0 Å². The number of benzene rings is 1. The van der Waals surface area contributed by atoms with Crippen LogP contribution in [-0.4, -0.2) is 60.8 Å². The number of aromatic nitrogens is 1. The molecule has 0 bridgehead atoms.